The zero-order chi connectivity index (χ0) is 18.2. The van der Waals surface area contributed by atoms with Crippen LogP contribution in [0.4, 0.5) is 0 Å². The van der Waals surface area contributed by atoms with Crippen LogP contribution in [0.15, 0.2) is 73.8 Å². The molecular formula is C19H14O6. The number of carbonyl (C=O) groups is 3. The maximum Gasteiger partial charge on any atom is 0.343 e. The van der Waals surface area contributed by atoms with Gasteiger partial charge in [0.15, 0.2) is 0 Å². The summed E-state index contributed by atoms with van der Waals surface area (Å²) >= 11 is 0. The smallest absolute Gasteiger partial charge is 0.343 e. The second-order valence-corrected chi connectivity index (χ2v) is 4.64. The van der Waals surface area contributed by atoms with Crippen molar-refractivity contribution in [3.05, 3.63) is 79.4 Å². The molecule has 0 aliphatic rings. The Kier molecular flexibility index (Phi) is 5.84. The molecule has 0 amide bonds. The summed E-state index contributed by atoms with van der Waals surface area (Å²) in [6.07, 6.45) is 2.09. The van der Waals surface area contributed by atoms with Gasteiger partial charge in [0.2, 0.25) is 0 Å². The minimum absolute atomic E-state index is 0.278. The van der Waals surface area contributed by atoms with E-state index in [-0.39, 0.29) is 17.1 Å². The molecule has 2 rings (SSSR count). The van der Waals surface area contributed by atoms with Gasteiger partial charge >= 0.3 is 17.9 Å². The van der Waals surface area contributed by atoms with Gasteiger partial charge in [-0.3, -0.25) is 0 Å². The van der Waals surface area contributed by atoms with Gasteiger partial charge < -0.3 is 14.2 Å². The summed E-state index contributed by atoms with van der Waals surface area (Å²) in [4.78, 5) is 34.2. The zero-order valence-electron chi connectivity index (χ0n) is 13.1. The lowest BCUT2D eigenvalue weighted by Crippen LogP contribution is -2.09. The molecule has 0 heterocycles. The molecule has 0 aliphatic carbocycles. The highest BCUT2D eigenvalue weighted by molar-refractivity contribution is 5.91. The first-order valence-corrected chi connectivity index (χ1v) is 7.12. The van der Waals surface area contributed by atoms with E-state index in [1.54, 1.807) is 0 Å². The molecule has 2 aromatic carbocycles. The van der Waals surface area contributed by atoms with E-state index in [2.05, 4.69) is 13.2 Å². The fourth-order valence-electron chi connectivity index (χ4n) is 1.72. The number of carbonyl (C=O) groups excluding carboxylic acids is 3. The van der Waals surface area contributed by atoms with Gasteiger partial charge in [0, 0.05) is 12.2 Å². The first-order chi connectivity index (χ1) is 12.0. The number of hydrogen-bond acceptors (Lipinski definition) is 6. The summed E-state index contributed by atoms with van der Waals surface area (Å²) in [6, 6.07) is 11.8. The van der Waals surface area contributed by atoms with Gasteiger partial charge in [-0.25, -0.2) is 14.4 Å². The minimum atomic E-state index is -0.590. The first kappa shape index (κ1) is 17.7. The van der Waals surface area contributed by atoms with E-state index in [1.165, 1.54) is 48.5 Å². The number of esters is 3. The highest BCUT2D eigenvalue weighted by Crippen LogP contribution is 2.20. The third-order valence-electron chi connectivity index (χ3n) is 2.89. The molecule has 126 valence electrons. The number of benzene rings is 2. The SMILES string of the molecule is C=CC(=O)Oc1ccc(OC(=O)c2ccc(OC(=O)C=C)cc2)cc1. The highest BCUT2D eigenvalue weighted by Gasteiger charge is 2.10. The Morgan fingerprint density at radius 3 is 1.40 bits per heavy atom. The Morgan fingerprint density at radius 1 is 0.640 bits per heavy atom. The second kappa shape index (κ2) is 8.26. The highest BCUT2D eigenvalue weighted by atomic mass is 16.5. The molecule has 25 heavy (non-hydrogen) atoms. The fraction of sp³-hybridized carbons (Fsp3) is 0. The van der Waals surface area contributed by atoms with Gasteiger partial charge in [0.05, 0.1) is 5.56 Å². The molecule has 0 spiro atoms. The Bertz CT molecular complexity index is 803. The topological polar surface area (TPSA) is 78.9 Å². The molecule has 0 saturated carbocycles. The van der Waals surface area contributed by atoms with E-state index >= 15 is 0 Å². The van der Waals surface area contributed by atoms with E-state index in [4.69, 9.17) is 14.2 Å². The minimum Gasteiger partial charge on any atom is -0.423 e. The Labute approximate surface area is 143 Å². The van der Waals surface area contributed by atoms with Crippen molar-refractivity contribution in [3.8, 4) is 17.2 Å². The molecule has 0 bridgehead atoms. The summed E-state index contributed by atoms with van der Waals surface area (Å²) in [7, 11) is 0. The van der Waals surface area contributed by atoms with E-state index in [9.17, 15) is 14.4 Å². The Morgan fingerprint density at radius 2 is 1.00 bits per heavy atom. The number of rotatable bonds is 6. The largest absolute Gasteiger partial charge is 0.423 e. The van der Waals surface area contributed by atoms with Crippen LogP contribution in [0.5, 0.6) is 17.2 Å². The van der Waals surface area contributed by atoms with Crippen LogP contribution >= 0.6 is 0 Å². The van der Waals surface area contributed by atoms with Gasteiger partial charge in [-0.15, -0.1) is 0 Å². The molecule has 0 unspecified atom stereocenters. The van der Waals surface area contributed by atoms with Crippen LogP contribution in [0.3, 0.4) is 0 Å². The molecule has 0 aromatic heterocycles. The third-order valence-corrected chi connectivity index (χ3v) is 2.89. The van der Waals surface area contributed by atoms with Gasteiger partial charge in [0.1, 0.15) is 17.2 Å². The predicted molar refractivity (Wildman–Crippen MR) is 89.5 cm³/mol. The predicted octanol–water partition coefficient (Wildman–Crippen LogP) is 3.09. The molecule has 0 N–H and O–H groups in total. The molecule has 6 nitrogen and oxygen atoms in total. The molecule has 0 aliphatic heterocycles. The van der Waals surface area contributed by atoms with Crippen LogP contribution in [0.2, 0.25) is 0 Å². The molecule has 0 saturated heterocycles. The summed E-state index contributed by atoms with van der Waals surface area (Å²) < 4.78 is 15.0. The molecule has 2 aromatic rings. The average Bonchev–Trinajstić information content (AvgIpc) is 2.63. The summed E-state index contributed by atoms with van der Waals surface area (Å²) in [5.74, 6) is -0.884. The van der Waals surface area contributed by atoms with Crippen molar-refractivity contribution < 1.29 is 28.6 Å². The van der Waals surface area contributed by atoms with Crippen LogP contribution in [0.1, 0.15) is 10.4 Å². The van der Waals surface area contributed by atoms with Crippen molar-refractivity contribution in [2.45, 2.75) is 0 Å². The summed E-state index contributed by atoms with van der Waals surface area (Å²) in [5, 5.41) is 0. The second-order valence-electron chi connectivity index (χ2n) is 4.64. The van der Waals surface area contributed by atoms with Gasteiger partial charge in [-0.2, -0.15) is 0 Å². The summed E-state index contributed by atoms with van der Waals surface area (Å²) in [5.41, 5.74) is 0.278. The third kappa shape index (κ3) is 5.18. The van der Waals surface area contributed by atoms with Crippen molar-refractivity contribution in [1.82, 2.24) is 0 Å². The van der Waals surface area contributed by atoms with Crippen molar-refractivity contribution in [1.29, 1.82) is 0 Å². The van der Waals surface area contributed by atoms with E-state index in [1.807, 2.05) is 0 Å². The Balaban J connectivity index is 1.99. The zero-order valence-corrected chi connectivity index (χ0v) is 13.1. The lowest BCUT2D eigenvalue weighted by molar-refractivity contribution is -0.129. The number of ether oxygens (including phenoxy) is 3. The van der Waals surface area contributed by atoms with E-state index in [0.29, 0.717) is 5.75 Å². The van der Waals surface area contributed by atoms with Crippen LogP contribution in [-0.4, -0.2) is 17.9 Å². The normalized spacial score (nSPS) is 9.60. The average molecular weight is 338 g/mol. The molecule has 0 atom stereocenters. The maximum atomic E-state index is 12.1. The fourth-order valence-corrected chi connectivity index (χ4v) is 1.72. The van der Waals surface area contributed by atoms with Gasteiger partial charge in [0.25, 0.3) is 0 Å². The van der Waals surface area contributed by atoms with Crippen molar-refractivity contribution >= 4 is 17.9 Å². The molecular weight excluding hydrogens is 324 g/mol. The van der Waals surface area contributed by atoms with Crippen LogP contribution in [0, 0.1) is 0 Å². The van der Waals surface area contributed by atoms with Crippen molar-refractivity contribution in [2.75, 3.05) is 0 Å². The van der Waals surface area contributed by atoms with Crippen molar-refractivity contribution in [3.63, 3.8) is 0 Å². The molecule has 0 fully saturated rings. The summed E-state index contributed by atoms with van der Waals surface area (Å²) in [6.45, 7) is 6.59. The standard InChI is InChI=1S/C19H14O6/c1-3-17(20)23-14-7-5-13(6-8-14)19(22)25-16-11-9-15(10-12-16)24-18(21)4-2/h3-12H,1-2H2. The van der Waals surface area contributed by atoms with E-state index in [0.717, 1.165) is 12.2 Å². The Hall–Kier alpha value is -3.67. The lowest BCUT2D eigenvalue weighted by atomic mass is 10.2. The number of hydrogen-bond donors (Lipinski definition) is 0. The monoisotopic (exact) mass is 338 g/mol. The van der Waals surface area contributed by atoms with Crippen LogP contribution in [-0.2, 0) is 9.59 Å². The molecule has 6 heteroatoms. The van der Waals surface area contributed by atoms with Gasteiger partial charge in [-0.1, -0.05) is 13.2 Å². The van der Waals surface area contributed by atoms with Crippen LogP contribution < -0.4 is 14.2 Å². The first-order valence-electron chi connectivity index (χ1n) is 7.12. The van der Waals surface area contributed by atoms with E-state index < -0.39 is 17.9 Å². The van der Waals surface area contributed by atoms with Gasteiger partial charge in [-0.05, 0) is 48.5 Å². The lowest BCUT2D eigenvalue weighted by Gasteiger charge is -2.06. The quantitative estimate of drug-likeness (QED) is 0.457. The maximum absolute atomic E-state index is 12.1. The van der Waals surface area contributed by atoms with Crippen molar-refractivity contribution in [2.24, 2.45) is 0 Å². The molecule has 0 radical (unpaired) electrons. The van der Waals surface area contributed by atoms with Crippen LogP contribution in [0.25, 0.3) is 0 Å².